The molecule has 2 rings (SSSR count). The van der Waals surface area contributed by atoms with Crippen molar-refractivity contribution < 1.29 is 14.7 Å². The van der Waals surface area contributed by atoms with E-state index in [1.807, 2.05) is 6.92 Å². The van der Waals surface area contributed by atoms with Crippen molar-refractivity contribution in [2.45, 2.75) is 44.7 Å². The molecule has 5 nitrogen and oxygen atoms in total. The molecule has 7 heteroatoms. The first kappa shape index (κ1) is 17.9. The topological polar surface area (TPSA) is 78.4 Å². The Balaban J connectivity index is 1.84. The minimum Gasteiger partial charge on any atom is -0.481 e. The third kappa shape index (κ3) is 5.01. The van der Waals surface area contributed by atoms with Crippen LogP contribution >= 0.6 is 23.2 Å². The molecule has 126 valence electrons. The summed E-state index contributed by atoms with van der Waals surface area (Å²) in [5.41, 5.74) is 0.792. The minimum atomic E-state index is -0.751. The summed E-state index contributed by atoms with van der Waals surface area (Å²) < 4.78 is 0. The summed E-state index contributed by atoms with van der Waals surface area (Å²) in [7, 11) is 0. The highest BCUT2D eigenvalue weighted by Gasteiger charge is 2.27. The number of urea groups is 1. The Morgan fingerprint density at radius 3 is 2.43 bits per heavy atom. The van der Waals surface area contributed by atoms with E-state index in [4.69, 9.17) is 28.3 Å². The highest BCUT2D eigenvalue weighted by molar-refractivity contribution is 6.35. The number of benzene rings is 1. The smallest absolute Gasteiger partial charge is 0.315 e. The fraction of sp³-hybridized carbons (Fsp3) is 0.500. The van der Waals surface area contributed by atoms with Gasteiger partial charge in [0.25, 0.3) is 0 Å². The lowest BCUT2D eigenvalue weighted by atomic mass is 9.86. The Morgan fingerprint density at radius 1 is 1.22 bits per heavy atom. The number of amides is 2. The molecule has 0 radical (unpaired) electrons. The van der Waals surface area contributed by atoms with Crippen LogP contribution in [-0.2, 0) is 4.79 Å². The summed E-state index contributed by atoms with van der Waals surface area (Å²) in [4.78, 5) is 23.0. The molecular weight excluding hydrogens is 339 g/mol. The summed E-state index contributed by atoms with van der Waals surface area (Å²) in [6.45, 7) is 1.84. The number of hydrogen-bond acceptors (Lipinski definition) is 2. The second kappa shape index (κ2) is 7.88. The molecule has 1 saturated carbocycles. The molecule has 2 amide bonds. The zero-order valence-corrected chi connectivity index (χ0v) is 14.3. The van der Waals surface area contributed by atoms with Crippen molar-refractivity contribution in [2.75, 3.05) is 0 Å². The zero-order chi connectivity index (χ0) is 17.0. The maximum atomic E-state index is 12.1. The number of aliphatic carboxylic acids is 1. The van der Waals surface area contributed by atoms with Crippen molar-refractivity contribution in [1.29, 1.82) is 0 Å². The molecule has 0 aliphatic heterocycles. The Bertz CT molecular complexity index is 587. The maximum absolute atomic E-state index is 12.1. The van der Waals surface area contributed by atoms with E-state index in [1.54, 1.807) is 18.2 Å². The van der Waals surface area contributed by atoms with Gasteiger partial charge in [0.15, 0.2) is 0 Å². The van der Waals surface area contributed by atoms with Gasteiger partial charge in [-0.3, -0.25) is 4.79 Å². The number of carbonyl (C=O) groups is 2. The number of rotatable bonds is 4. The number of carboxylic acids is 1. The van der Waals surface area contributed by atoms with E-state index < -0.39 is 5.97 Å². The molecule has 0 unspecified atom stereocenters. The van der Waals surface area contributed by atoms with E-state index in [2.05, 4.69) is 10.6 Å². The van der Waals surface area contributed by atoms with Crippen LogP contribution in [0.2, 0.25) is 10.0 Å². The van der Waals surface area contributed by atoms with Crippen LogP contribution in [0.4, 0.5) is 4.79 Å². The third-order valence-electron chi connectivity index (χ3n) is 4.19. The second-order valence-electron chi connectivity index (χ2n) is 5.89. The van der Waals surface area contributed by atoms with Crippen LogP contribution < -0.4 is 10.6 Å². The first-order chi connectivity index (χ1) is 10.9. The molecule has 1 fully saturated rings. The standard InChI is InChI=1S/C16H20Cl2N2O3/c1-9(13-7-4-11(17)8-14(13)18)19-16(23)20-12-5-2-10(3-6-12)15(21)22/h4,7-10,12H,2-3,5-6H2,1H3,(H,21,22)(H2,19,20,23)/t9-,10?,12?/m1/s1. The van der Waals surface area contributed by atoms with Crippen molar-refractivity contribution in [3.63, 3.8) is 0 Å². The van der Waals surface area contributed by atoms with Gasteiger partial charge in [-0.1, -0.05) is 29.3 Å². The Morgan fingerprint density at radius 2 is 1.87 bits per heavy atom. The van der Waals surface area contributed by atoms with Crippen molar-refractivity contribution in [3.8, 4) is 0 Å². The third-order valence-corrected chi connectivity index (χ3v) is 4.75. The SMILES string of the molecule is C[C@@H](NC(=O)NC1CCC(C(=O)O)CC1)c1ccc(Cl)cc1Cl. The Hall–Kier alpha value is -1.46. The lowest BCUT2D eigenvalue weighted by Gasteiger charge is -2.27. The maximum Gasteiger partial charge on any atom is 0.315 e. The van der Waals surface area contributed by atoms with Gasteiger partial charge in [0.2, 0.25) is 0 Å². The van der Waals surface area contributed by atoms with Gasteiger partial charge in [-0.05, 0) is 50.3 Å². The molecule has 1 aromatic carbocycles. The molecule has 1 aliphatic carbocycles. The van der Waals surface area contributed by atoms with E-state index in [-0.39, 0.29) is 24.0 Å². The highest BCUT2D eigenvalue weighted by atomic mass is 35.5. The van der Waals surface area contributed by atoms with Crippen molar-refractivity contribution in [1.82, 2.24) is 10.6 Å². The summed E-state index contributed by atoms with van der Waals surface area (Å²) in [5.74, 6) is -1.04. The number of carboxylic acid groups (broad SMARTS) is 1. The van der Waals surface area contributed by atoms with E-state index >= 15 is 0 Å². The molecule has 0 heterocycles. The van der Waals surface area contributed by atoms with Crippen LogP contribution in [0.5, 0.6) is 0 Å². The summed E-state index contributed by atoms with van der Waals surface area (Å²) in [5, 5.41) is 15.8. The first-order valence-electron chi connectivity index (χ1n) is 7.61. The van der Waals surface area contributed by atoms with Crippen LogP contribution in [0.15, 0.2) is 18.2 Å². The van der Waals surface area contributed by atoms with Crippen LogP contribution in [0.1, 0.15) is 44.2 Å². The van der Waals surface area contributed by atoms with E-state index in [1.165, 1.54) is 0 Å². The van der Waals surface area contributed by atoms with Gasteiger partial charge in [0, 0.05) is 16.1 Å². The number of hydrogen-bond donors (Lipinski definition) is 3. The Labute approximate surface area is 145 Å². The molecule has 0 aromatic heterocycles. The molecular formula is C16H20Cl2N2O3. The average Bonchev–Trinajstić information content (AvgIpc) is 2.47. The fourth-order valence-corrected chi connectivity index (χ4v) is 3.41. The number of nitrogens with one attached hydrogen (secondary N) is 2. The normalized spacial score (nSPS) is 22.2. The highest BCUT2D eigenvalue weighted by Crippen LogP contribution is 2.27. The summed E-state index contributed by atoms with van der Waals surface area (Å²) >= 11 is 12.0. The zero-order valence-electron chi connectivity index (χ0n) is 12.8. The van der Waals surface area contributed by atoms with E-state index in [0.29, 0.717) is 35.7 Å². The fourth-order valence-electron chi connectivity index (χ4n) is 2.84. The van der Waals surface area contributed by atoms with Crippen LogP contribution in [0.3, 0.4) is 0 Å². The molecule has 3 N–H and O–H groups in total. The second-order valence-corrected chi connectivity index (χ2v) is 6.74. The molecule has 1 aromatic rings. The molecule has 1 atom stereocenters. The van der Waals surface area contributed by atoms with Crippen molar-refractivity contribution in [3.05, 3.63) is 33.8 Å². The molecule has 0 saturated heterocycles. The molecule has 0 spiro atoms. The molecule has 0 bridgehead atoms. The van der Waals surface area contributed by atoms with Gasteiger partial charge in [-0.25, -0.2) is 4.79 Å². The molecule has 23 heavy (non-hydrogen) atoms. The quantitative estimate of drug-likeness (QED) is 0.760. The average molecular weight is 359 g/mol. The summed E-state index contributed by atoms with van der Waals surface area (Å²) in [6.07, 6.45) is 2.55. The van der Waals surface area contributed by atoms with Crippen molar-refractivity contribution in [2.24, 2.45) is 5.92 Å². The number of carbonyl (C=O) groups excluding carboxylic acids is 1. The van der Waals surface area contributed by atoms with E-state index in [9.17, 15) is 9.59 Å². The predicted molar refractivity (Wildman–Crippen MR) is 89.9 cm³/mol. The van der Waals surface area contributed by atoms with Gasteiger partial charge in [0.1, 0.15) is 0 Å². The van der Waals surface area contributed by atoms with Gasteiger partial charge < -0.3 is 15.7 Å². The van der Waals surface area contributed by atoms with Crippen molar-refractivity contribution >= 4 is 35.2 Å². The van der Waals surface area contributed by atoms with Crippen LogP contribution in [0, 0.1) is 5.92 Å². The Kier molecular flexibility index (Phi) is 6.13. The van der Waals surface area contributed by atoms with Crippen LogP contribution in [0.25, 0.3) is 0 Å². The van der Waals surface area contributed by atoms with Gasteiger partial charge >= 0.3 is 12.0 Å². The number of halogens is 2. The predicted octanol–water partition coefficient (Wildman–Crippen LogP) is 4.00. The lowest BCUT2D eigenvalue weighted by molar-refractivity contribution is -0.142. The van der Waals surface area contributed by atoms with Gasteiger partial charge in [-0.2, -0.15) is 0 Å². The summed E-state index contributed by atoms with van der Waals surface area (Å²) in [6, 6.07) is 4.64. The first-order valence-corrected chi connectivity index (χ1v) is 8.37. The van der Waals surface area contributed by atoms with Gasteiger partial charge in [0.05, 0.1) is 12.0 Å². The monoisotopic (exact) mass is 358 g/mol. The van der Waals surface area contributed by atoms with Crippen LogP contribution in [-0.4, -0.2) is 23.1 Å². The largest absolute Gasteiger partial charge is 0.481 e. The minimum absolute atomic E-state index is 0.0125. The molecule has 1 aliphatic rings. The van der Waals surface area contributed by atoms with E-state index in [0.717, 1.165) is 5.56 Å². The lowest BCUT2D eigenvalue weighted by Crippen LogP contribution is -2.44. The van der Waals surface area contributed by atoms with Gasteiger partial charge in [-0.15, -0.1) is 0 Å².